The normalized spacial score (nSPS) is 15.2. The van der Waals surface area contributed by atoms with Gasteiger partial charge in [-0.3, -0.25) is 0 Å². The minimum absolute atomic E-state index is 0.0298. The van der Waals surface area contributed by atoms with Gasteiger partial charge in [-0.25, -0.2) is 9.59 Å². The maximum atomic E-state index is 12.8. The van der Waals surface area contributed by atoms with Crippen molar-refractivity contribution >= 4 is 21.9 Å². The van der Waals surface area contributed by atoms with Crippen molar-refractivity contribution in [2.75, 3.05) is 7.11 Å². The van der Waals surface area contributed by atoms with E-state index >= 15 is 0 Å². The molecule has 33 heavy (non-hydrogen) atoms. The summed E-state index contributed by atoms with van der Waals surface area (Å²) in [6.45, 7) is 4.35. The Balaban J connectivity index is 1.75. The summed E-state index contributed by atoms with van der Waals surface area (Å²) in [6, 6.07) is 3.32. The Morgan fingerprint density at radius 1 is 0.939 bits per heavy atom. The van der Waals surface area contributed by atoms with Gasteiger partial charge >= 0.3 is 11.3 Å². The largest absolute Gasteiger partial charge is 0.493 e. The molecular weight excluding hydrogens is 420 g/mol. The van der Waals surface area contributed by atoms with Gasteiger partial charge in [-0.2, -0.15) is 0 Å². The molecule has 0 saturated heterocycles. The van der Waals surface area contributed by atoms with E-state index < -0.39 is 5.63 Å². The fraction of sp³-hybridized carbons (Fsp3) is 0.556. The highest BCUT2D eigenvalue weighted by Crippen LogP contribution is 2.45. The standard InChI is InChI=1S/C27H34O6/c1-4-6-8-9-11-12-17-14-20-25(33-26(17)28)23-19-15-18(13-10-7-5-2)31-24(19)22(30-3)16-21(23)32-27(20)29/h14,16,18H,4-13,15H2,1-3H3/t18-/m1/s1. The third-order valence-corrected chi connectivity index (χ3v) is 6.59. The van der Waals surface area contributed by atoms with Crippen molar-refractivity contribution in [2.45, 2.75) is 90.6 Å². The first-order valence-corrected chi connectivity index (χ1v) is 12.4. The van der Waals surface area contributed by atoms with Crippen molar-refractivity contribution in [3.63, 3.8) is 0 Å². The van der Waals surface area contributed by atoms with Crippen LogP contribution >= 0.6 is 0 Å². The van der Waals surface area contributed by atoms with Crippen LogP contribution in [0.4, 0.5) is 0 Å². The van der Waals surface area contributed by atoms with Crippen LogP contribution in [-0.2, 0) is 12.8 Å². The van der Waals surface area contributed by atoms with Crippen LogP contribution in [0.2, 0.25) is 0 Å². The Morgan fingerprint density at radius 3 is 2.45 bits per heavy atom. The lowest BCUT2D eigenvalue weighted by Crippen LogP contribution is -2.12. The molecule has 6 nitrogen and oxygen atoms in total. The van der Waals surface area contributed by atoms with Crippen LogP contribution in [0.1, 0.15) is 82.8 Å². The molecule has 0 aliphatic carbocycles. The van der Waals surface area contributed by atoms with Gasteiger partial charge in [0.05, 0.1) is 12.5 Å². The molecule has 0 unspecified atom stereocenters. The number of aryl methyl sites for hydroxylation is 1. The highest BCUT2D eigenvalue weighted by Gasteiger charge is 2.31. The molecule has 0 fully saturated rings. The van der Waals surface area contributed by atoms with E-state index in [4.69, 9.17) is 18.3 Å². The average Bonchev–Trinajstić information content (AvgIpc) is 3.23. The number of hydrogen-bond donors (Lipinski definition) is 0. The second-order valence-corrected chi connectivity index (χ2v) is 9.06. The second kappa shape index (κ2) is 10.4. The van der Waals surface area contributed by atoms with Crippen LogP contribution in [-0.4, -0.2) is 13.2 Å². The zero-order chi connectivity index (χ0) is 23.4. The molecule has 0 amide bonds. The van der Waals surface area contributed by atoms with Crippen molar-refractivity contribution in [3.05, 3.63) is 44.1 Å². The Morgan fingerprint density at radius 2 is 1.70 bits per heavy atom. The number of hydrogen-bond acceptors (Lipinski definition) is 6. The lowest BCUT2D eigenvalue weighted by atomic mass is 9.99. The Hall–Kier alpha value is -2.76. The van der Waals surface area contributed by atoms with E-state index in [9.17, 15) is 9.59 Å². The maximum Gasteiger partial charge on any atom is 0.347 e. The van der Waals surface area contributed by atoms with Crippen LogP contribution in [0.15, 0.2) is 30.6 Å². The average molecular weight is 455 g/mol. The van der Waals surface area contributed by atoms with Gasteiger partial charge in [-0.1, -0.05) is 52.4 Å². The summed E-state index contributed by atoms with van der Waals surface area (Å²) in [7, 11) is 1.57. The van der Waals surface area contributed by atoms with Gasteiger partial charge in [-0.05, 0) is 31.7 Å². The quantitative estimate of drug-likeness (QED) is 0.192. The van der Waals surface area contributed by atoms with Crippen molar-refractivity contribution < 1.29 is 18.3 Å². The molecule has 3 aromatic rings. The van der Waals surface area contributed by atoms with E-state index in [0.29, 0.717) is 46.3 Å². The van der Waals surface area contributed by atoms with E-state index in [1.807, 2.05) is 0 Å². The Bertz CT molecular complexity index is 1240. The molecule has 1 aromatic carbocycles. The zero-order valence-corrected chi connectivity index (χ0v) is 20.0. The molecular formula is C27H34O6. The first-order valence-electron chi connectivity index (χ1n) is 12.4. The number of benzene rings is 1. The van der Waals surface area contributed by atoms with Crippen molar-refractivity contribution in [1.82, 2.24) is 0 Å². The number of methoxy groups -OCH3 is 1. The predicted molar refractivity (Wildman–Crippen MR) is 130 cm³/mol. The molecule has 2 aromatic heterocycles. The van der Waals surface area contributed by atoms with Gasteiger partial charge in [0.1, 0.15) is 17.1 Å². The lowest BCUT2D eigenvalue weighted by Gasteiger charge is -2.12. The van der Waals surface area contributed by atoms with Gasteiger partial charge in [0, 0.05) is 23.6 Å². The molecule has 0 spiro atoms. The topological polar surface area (TPSA) is 78.9 Å². The highest BCUT2D eigenvalue weighted by molar-refractivity contribution is 6.04. The van der Waals surface area contributed by atoms with Gasteiger partial charge in [0.25, 0.3) is 0 Å². The summed E-state index contributed by atoms with van der Waals surface area (Å²) in [6.07, 6.45) is 11.1. The molecule has 0 bridgehead atoms. The van der Waals surface area contributed by atoms with Gasteiger partial charge in [0.2, 0.25) is 0 Å². The third kappa shape index (κ3) is 4.80. The molecule has 0 N–H and O–H groups in total. The van der Waals surface area contributed by atoms with Crippen molar-refractivity contribution in [2.24, 2.45) is 0 Å². The predicted octanol–water partition coefficient (Wildman–Crippen LogP) is 6.30. The molecule has 6 heteroatoms. The molecule has 178 valence electrons. The summed E-state index contributed by atoms with van der Waals surface area (Å²) in [5.41, 5.74) is 1.18. The van der Waals surface area contributed by atoms with E-state index in [2.05, 4.69) is 13.8 Å². The smallest absolute Gasteiger partial charge is 0.347 e. The number of rotatable bonds is 11. The van der Waals surface area contributed by atoms with Gasteiger partial charge < -0.3 is 18.3 Å². The number of unbranched alkanes of at least 4 members (excludes halogenated alkanes) is 6. The summed E-state index contributed by atoms with van der Waals surface area (Å²) in [5, 5.41) is 0.956. The Kier molecular flexibility index (Phi) is 7.41. The van der Waals surface area contributed by atoms with E-state index in [-0.39, 0.29) is 17.3 Å². The van der Waals surface area contributed by atoms with Crippen LogP contribution in [0, 0.1) is 0 Å². The lowest BCUT2D eigenvalue weighted by molar-refractivity contribution is 0.209. The molecule has 4 rings (SSSR count). The van der Waals surface area contributed by atoms with Crippen LogP contribution in [0.25, 0.3) is 21.9 Å². The van der Waals surface area contributed by atoms with Crippen molar-refractivity contribution in [3.8, 4) is 11.5 Å². The fourth-order valence-electron chi connectivity index (χ4n) is 4.79. The Labute approximate surface area is 193 Å². The maximum absolute atomic E-state index is 12.8. The number of fused-ring (bicyclic) bond motifs is 5. The fourth-order valence-corrected chi connectivity index (χ4v) is 4.79. The minimum Gasteiger partial charge on any atom is -0.493 e. The molecule has 3 heterocycles. The summed E-state index contributed by atoms with van der Waals surface area (Å²) < 4.78 is 23.2. The summed E-state index contributed by atoms with van der Waals surface area (Å²) in [4.78, 5) is 25.6. The monoisotopic (exact) mass is 454 g/mol. The third-order valence-electron chi connectivity index (χ3n) is 6.59. The SMILES string of the molecule is CCCCCCCc1cc2c(=O)oc3cc(OC)c4c(c3c2oc1=O)C[C@@H](CCCCC)O4. The van der Waals surface area contributed by atoms with E-state index in [1.54, 1.807) is 19.2 Å². The molecule has 0 saturated carbocycles. The van der Waals surface area contributed by atoms with E-state index in [1.165, 1.54) is 12.8 Å². The van der Waals surface area contributed by atoms with Crippen molar-refractivity contribution in [1.29, 1.82) is 0 Å². The highest BCUT2D eigenvalue weighted by atomic mass is 16.5. The van der Waals surface area contributed by atoms with E-state index in [0.717, 1.165) is 50.5 Å². The summed E-state index contributed by atoms with van der Waals surface area (Å²) in [5.74, 6) is 1.19. The first-order chi connectivity index (χ1) is 16.1. The van der Waals surface area contributed by atoms with Crippen LogP contribution in [0.3, 0.4) is 0 Å². The van der Waals surface area contributed by atoms with Gasteiger partial charge in [-0.15, -0.1) is 0 Å². The molecule has 1 aliphatic heterocycles. The zero-order valence-electron chi connectivity index (χ0n) is 20.0. The molecule has 1 aliphatic rings. The number of ether oxygens (including phenoxy) is 2. The molecule has 1 atom stereocenters. The van der Waals surface area contributed by atoms with Crippen LogP contribution in [0.5, 0.6) is 11.5 Å². The second-order valence-electron chi connectivity index (χ2n) is 9.06. The van der Waals surface area contributed by atoms with Gasteiger partial charge in [0.15, 0.2) is 17.1 Å². The van der Waals surface area contributed by atoms with Crippen LogP contribution < -0.4 is 20.7 Å². The summed E-state index contributed by atoms with van der Waals surface area (Å²) >= 11 is 0. The molecule has 0 radical (unpaired) electrons. The minimum atomic E-state index is -0.506. The first kappa shape index (κ1) is 23.4.